The maximum Gasteiger partial charge on any atom is 0.0387 e. The van der Waals surface area contributed by atoms with Crippen molar-refractivity contribution in [2.75, 3.05) is 5.32 Å². The molecule has 1 N–H and O–H groups in total. The maximum atomic E-state index is 3.65. The molecule has 0 unspecified atom stereocenters. The van der Waals surface area contributed by atoms with Crippen molar-refractivity contribution in [1.82, 2.24) is 0 Å². The van der Waals surface area contributed by atoms with Gasteiger partial charge < -0.3 is 5.32 Å². The summed E-state index contributed by atoms with van der Waals surface area (Å²) in [4.78, 5) is 0. The summed E-state index contributed by atoms with van der Waals surface area (Å²) in [5.41, 5.74) is 12.6. The molecule has 8 rings (SSSR count). The van der Waals surface area contributed by atoms with Gasteiger partial charge in [-0.05, 0) is 102 Å². The van der Waals surface area contributed by atoms with Gasteiger partial charge in [0, 0.05) is 16.8 Å². The molecule has 1 heteroatoms. The van der Waals surface area contributed by atoms with Gasteiger partial charge in [0.25, 0.3) is 0 Å². The van der Waals surface area contributed by atoms with Gasteiger partial charge in [-0.1, -0.05) is 123 Å². The average Bonchev–Trinajstić information content (AvgIpc) is 3.26. The molecule has 0 bridgehead atoms. The Morgan fingerprint density at radius 2 is 1.05 bits per heavy atom. The molecule has 0 radical (unpaired) electrons. The van der Waals surface area contributed by atoms with Crippen LogP contribution >= 0.6 is 0 Å². The molecule has 0 aromatic heterocycles. The smallest absolute Gasteiger partial charge is 0.0387 e. The van der Waals surface area contributed by atoms with E-state index >= 15 is 0 Å². The molecule has 7 aromatic rings. The molecule has 42 heavy (non-hydrogen) atoms. The van der Waals surface area contributed by atoms with Gasteiger partial charge in [0.05, 0.1) is 0 Å². The number of nitrogens with one attached hydrogen (secondary N) is 1. The average molecular weight is 538 g/mol. The van der Waals surface area contributed by atoms with E-state index in [1.54, 1.807) is 0 Å². The molecule has 200 valence electrons. The lowest BCUT2D eigenvalue weighted by Gasteiger charge is -2.22. The fraction of sp³-hybridized carbons (Fsp3) is 0.0732. The van der Waals surface area contributed by atoms with Crippen molar-refractivity contribution < 1.29 is 0 Å². The summed E-state index contributed by atoms with van der Waals surface area (Å²) in [6.45, 7) is 4.65. The molecule has 0 spiro atoms. The first-order valence-electron chi connectivity index (χ1n) is 14.7. The molecule has 1 aliphatic carbocycles. The zero-order valence-electron chi connectivity index (χ0n) is 23.9. The maximum absolute atomic E-state index is 3.65. The van der Waals surface area contributed by atoms with Crippen LogP contribution in [-0.2, 0) is 5.41 Å². The highest BCUT2D eigenvalue weighted by Crippen LogP contribution is 2.49. The predicted octanol–water partition coefficient (Wildman–Crippen LogP) is 11.4. The Balaban J connectivity index is 1.10. The van der Waals surface area contributed by atoms with Crippen molar-refractivity contribution >= 4 is 32.9 Å². The molecule has 0 heterocycles. The topological polar surface area (TPSA) is 12.0 Å². The van der Waals surface area contributed by atoms with Crippen molar-refractivity contribution in [2.45, 2.75) is 19.3 Å². The Bertz CT molecular complexity index is 2130. The lowest BCUT2D eigenvalue weighted by molar-refractivity contribution is 0.660. The minimum atomic E-state index is -0.00470. The molecular weight excluding hydrogens is 506 g/mol. The van der Waals surface area contributed by atoms with E-state index in [9.17, 15) is 0 Å². The predicted molar refractivity (Wildman–Crippen MR) is 180 cm³/mol. The third-order valence-corrected chi connectivity index (χ3v) is 9.03. The van der Waals surface area contributed by atoms with Gasteiger partial charge in [-0.2, -0.15) is 0 Å². The van der Waals surface area contributed by atoms with Crippen molar-refractivity contribution in [3.63, 3.8) is 0 Å². The van der Waals surface area contributed by atoms with E-state index in [1.165, 1.54) is 66.1 Å². The molecule has 1 nitrogen and oxygen atoms in total. The molecule has 0 aliphatic heterocycles. The Morgan fingerprint density at radius 3 is 1.93 bits per heavy atom. The van der Waals surface area contributed by atoms with Gasteiger partial charge in [-0.25, -0.2) is 0 Å². The number of hydrogen-bond acceptors (Lipinski definition) is 1. The highest BCUT2D eigenvalue weighted by atomic mass is 14.9. The van der Waals surface area contributed by atoms with Crippen molar-refractivity contribution in [1.29, 1.82) is 0 Å². The van der Waals surface area contributed by atoms with E-state index in [0.29, 0.717) is 0 Å². The Hall–Kier alpha value is -5.14. The van der Waals surface area contributed by atoms with Crippen LogP contribution < -0.4 is 5.32 Å². The molecule has 0 fully saturated rings. The Kier molecular flexibility index (Phi) is 5.55. The first-order chi connectivity index (χ1) is 20.5. The van der Waals surface area contributed by atoms with E-state index in [0.717, 1.165) is 11.4 Å². The highest BCUT2D eigenvalue weighted by Gasteiger charge is 2.35. The standard InChI is InChI=1S/C41H31N/c1-41(2)39-13-6-5-11-36(39)37-23-22-34(26-40(37)41)42-33-20-18-28(19-21-33)31-16-15-29-10-7-12-35(38(29)25-31)32-17-14-27-8-3-4-9-30(27)24-32/h3-26,42H,1-2H3. The minimum Gasteiger partial charge on any atom is -0.356 e. The van der Waals surface area contributed by atoms with Crippen LogP contribution in [0.15, 0.2) is 146 Å². The number of rotatable bonds is 4. The molecule has 0 amide bonds. The van der Waals surface area contributed by atoms with E-state index < -0.39 is 0 Å². The van der Waals surface area contributed by atoms with E-state index in [4.69, 9.17) is 0 Å². The van der Waals surface area contributed by atoms with Gasteiger partial charge in [-0.3, -0.25) is 0 Å². The molecule has 0 saturated carbocycles. The largest absolute Gasteiger partial charge is 0.356 e. The van der Waals surface area contributed by atoms with Gasteiger partial charge in [0.15, 0.2) is 0 Å². The number of benzene rings is 7. The van der Waals surface area contributed by atoms with E-state index in [2.05, 4.69) is 165 Å². The molecule has 7 aromatic carbocycles. The number of hydrogen-bond donors (Lipinski definition) is 1. The van der Waals surface area contributed by atoms with Crippen LogP contribution in [0.25, 0.3) is 54.9 Å². The van der Waals surface area contributed by atoms with Crippen LogP contribution in [0.3, 0.4) is 0 Å². The van der Waals surface area contributed by atoms with E-state index in [-0.39, 0.29) is 5.41 Å². The van der Waals surface area contributed by atoms with Crippen LogP contribution in [0.2, 0.25) is 0 Å². The van der Waals surface area contributed by atoms with Gasteiger partial charge in [0.2, 0.25) is 0 Å². The fourth-order valence-electron chi connectivity index (χ4n) is 6.76. The zero-order valence-corrected chi connectivity index (χ0v) is 23.9. The van der Waals surface area contributed by atoms with Gasteiger partial charge in [-0.15, -0.1) is 0 Å². The third-order valence-electron chi connectivity index (χ3n) is 9.03. The van der Waals surface area contributed by atoms with Crippen LogP contribution in [0.1, 0.15) is 25.0 Å². The summed E-state index contributed by atoms with van der Waals surface area (Å²) in [5.74, 6) is 0. The van der Waals surface area contributed by atoms with Crippen molar-refractivity contribution in [3.05, 3.63) is 157 Å². The second-order valence-corrected chi connectivity index (χ2v) is 11.9. The molecular formula is C41H31N. The number of anilines is 2. The summed E-state index contributed by atoms with van der Waals surface area (Å²) in [6.07, 6.45) is 0. The Labute approximate surface area is 247 Å². The normalized spacial score (nSPS) is 13.2. The van der Waals surface area contributed by atoms with Crippen LogP contribution in [0.5, 0.6) is 0 Å². The van der Waals surface area contributed by atoms with Gasteiger partial charge >= 0.3 is 0 Å². The SMILES string of the molecule is CC1(C)c2ccccc2-c2ccc(Nc3ccc(-c4ccc5cccc(-c6ccc7ccccc7c6)c5c4)cc3)cc21. The molecule has 0 atom stereocenters. The minimum absolute atomic E-state index is 0.00470. The van der Waals surface area contributed by atoms with Crippen LogP contribution in [0.4, 0.5) is 11.4 Å². The fourth-order valence-corrected chi connectivity index (χ4v) is 6.76. The van der Waals surface area contributed by atoms with Crippen LogP contribution in [-0.4, -0.2) is 0 Å². The second-order valence-electron chi connectivity index (χ2n) is 11.9. The summed E-state index contributed by atoms with van der Waals surface area (Å²) in [6, 6.07) is 53.1. The van der Waals surface area contributed by atoms with Crippen LogP contribution in [0, 0.1) is 0 Å². The lowest BCUT2D eigenvalue weighted by Crippen LogP contribution is -2.15. The van der Waals surface area contributed by atoms with Crippen molar-refractivity contribution in [2.24, 2.45) is 0 Å². The summed E-state index contributed by atoms with van der Waals surface area (Å²) in [5, 5.41) is 8.71. The monoisotopic (exact) mass is 537 g/mol. The summed E-state index contributed by atoms with van der Waals surface area (Å²) < 4.78 is 0. The summed E-state index contributed by atoms with van der Waals surface area (Å²) in [7, 11) is 0. The molecule has 0 saturated heterocycles. The summed E-state index contributed by atoms with van der Waals surface area (Å²) >= 11 is 0. The first kappa shape index (κ1) is 24.6. The zero-order chi connectivity index (χ0) is 28.3. The highest BCUT2D eigenvalue weighted by molar-refractivity contribution is 6.01. The second kappa shape index (κ2) is 9.46. The van der Waals surface area contributed by atoms with Crippen molar-refractivity contribution in [3.8, 4) is 33.4 Å². The van der Waals surface area contributed by atoms with E-state index in [1.807, 2.05) is 0 Å². The molecule has 1 aliphatic rings. The first-order valence-corrected chi connectivity index (χ1v) is 14.7. The Morgan fingerprint density at radius 1 is 0.405 bits per heavy atom. The third kappa shape index (κ3) is 4.01. The number of fused-ring (bicyclic) bond motifs is 5. The van der Waals surface area contributed by atoms with Gasteiger partial charge in [0.1, 0.15) is 0 Å². The quantitative estimate of drug-likeness (QED) is 0.235. The lowest BCUT2D eigenvalue weighted by atomic mass is 9.82.